The van der Waals surface area contributed by atoms with Crippen LogP contribution in [0.2, 0.25) is 15.5 Å². The fourth-order valence-corrected chi connectivity index (χ4v) is 8.77. The van der Waals surface area contributed by atoms with Crippen LogP contribution < -0.4 is 0 Å². The summed E-state index contributed by atoms with van der Waals surface area (Å²) in [5.74, 6) is 0. The van der Waals surface area contributed by atoms with Crippen molar-refractivity contribution in [1.82, 2.24) is 0 Å². The van der Waals surface area contributed by atoms with Gasteiger partial charge in [0.1, 0.15) is 0 Å². The average Bonchev–Trinajstić information content (AvgIpc) is 2.82. The monoisotopic (exact) mass is 473 g/mol. The zero-order chi connectivity index (χ0) is 20.2. The number of hydrogen-bond donors (Lipinski definition) is 9. The molecule has 1 saturated heterocycles. The standard InChI is InChI=1S/C12H24O12SSe/c13-1-5(15)10(19)11(20)12(24-25(21,22)23)7(17)4-26-3-6(16)9(18)8(26)2-14/h5-20H,1-4H2/p+1/t5-,6+,7+,8+,9-,10-,11+,12+,26?/m0/s1. The fourth-order valence-electron chi connectivity index (χ4n) is 2.62. The number of aliphatic hydroxyl groups is 8. The summed E-state index contributed by atoms with van der Waals surface area (Å²) in [6.07, 6.45) is -12.4. The third kappa shape index (κ3) is 6.31. The maximum absolute atomic E-state index is 11.0. The van der Waals surface area contributed by atoms with Crippen LogP contribution >= 0.6 is 0 Å². The van der Waals surface area contributed by atoms with Crippen LogP contribution in [0.15, 0.2) is 0 Å². The molecule has 26 heavy (non-hydrogen) atoms. The van der Waals surface area contributed by atoms with E-state index in [-0.39, 0.29) is 10.6 Å². The molecule has 0 aromatic carbocycles. The second-order valence-electron chi connectivity index (χ2n) is 5.94. The van der Waals surface area contributed by atoms with Crippen molar-refractivity contribution in [2.75, 3.05) is 13.2 Å². The molecule has 0 aliphatic carbocycles. The van der Waals surface area contributed by atoms with E-state index in [1.54, 1.807) is 0 Å². The molecule has 0 spiro atoms. The van der Waals surface area contributed by atoms with Crippen molar-refractivity contribution in [2.45, 2.75) is 58.2 Å². The van der Waals surface area contributed by atoms with Crippen molar-refractivity contribution in [3.8, 4) is 0 Å². The SMILES string of the molecule is O=S(=O)(O)O[C@@H]([C@H](O)[C@@H](O)[C@@H](O)CO)[C@H](O)C[Se+]1C[C@@H](O)[C@H](O)[C@H]1CO. The van der Waals surface area contributed by atoms with Crippen LogP contribution in [0, 0.1) is 0 Å². The number of hydrogen-bond acceptors (Lipinski definition) is 11. The van der Waals surface area contributed by atoms with Gasteiger partial charge >= 0.3 is 154 Å². The molecule has 0 amide bonds. The molecule has 0 aromatic rings. The van der Waals surface area contributed by atoms with Crippen molar-refractivity contribution in [1.29, 1.82) is 0 Å². The first-order valence-corrected chi connectivity index (χ1v) is 12.3. The molecule has 156 valence electrons. The third-order valence-corrected chi connectivity index (χ3v) is 10.4. The van der Waals surface area contributed by atoms with E-state index >= 15 is 0 Å². The van der Waals surface area contributed by atoms with Crippen molar-refractivity contribution in [3.05, 3.63) is 0 Å². The van der Waals surface area contributed by atoms with Gasteiger partial charge in [-0.15, -0.1) is 0 Å². The van der Waals surface area contributed by atoms with Gasteiger partial charge in [0, 0.05) is 0 Å². The Morgan fingerprint density at radius 3 is 2.08 bits per heavy atom. The van der Waals surface area contributed by atoms with Crippen LogP contribution in [0.1, 0.15) is 0 Å². The Labute approximate surface area is 154 Å². The summed E-state index contributed by atoms with van der Waals surface area (Å²) in [4.78, 5) is -0.712. The molecular formula is C12H25O12SSe+. The van der Waals surface area contributed by atoms with Gasteiger partial charge in [-0.3, -0.25) is 0 Å². The van der Waals surface area contributed by atoms with Crippen LogP contribution in [-0.2, 0) is 14.6 Å². The molecule has 1 unspecified atom stereocenters. The van der Waals surface area contributed by atoms with Crippen LogP contribution in [0.3, 0.4) is 0 Å². The number of aliphatic hydroxyl groups excluding tert-OH is 8. The van der Waals surface area contributed by atoms with E-state index in [4.69, 9.17) is 9.66 Å². The van der Waals surface area contributed by atoms with Crippen LogP contribution in [-0.4, -0.2) is 124 Å². The van der Waals surface area contributed by atoms with E-state index in [1.165, 1.54) is 0 Å². The minimum absolute atomic E-state index is 0.0833. The molecule has 1 rings (SSSR count). The van der Waals surface area contributed by atoms with Gasteiger partial charge in [-0.25, -0.2) is 0 Å². The Hall–Kier alpha value is 0.0695. The summed E-state index contributed by atoms with van der Waals surface area (Å²) in [5.41, 5.74) is 0. The molecule has 0 aromatic heterocycles. The van der Waals surface area contributed by atoms with Gasteiger partial charge in [0.15, 0.2) is 0 Å². The van der Waals surface area contributed by atoms with Crippen molar-refractivity contribution >= 4 is 24.3 Å². The van der Waals surface area contributed by atoms with E-state index in [0.29, 0.717) is 0 Å². The van der Waals surface area contributed by atoms with Crippen LogP contribution in [0.4, 0.5) is 0 Å². The zero-order valence-electron chi connectivity index (χ0n) is 13.5. The van der Waals surface area contributed by atoms with Gasteiger partial charge in [0.2, 0.25) is 0 Å². The molecule has 0 radical (unpaired) electrons. The summed E-state index contributed by atoms with van der Waals surface area (Å²) in [6, 6.07) is 0. The maximum atomic E-state index is 11.0. The molecule has 1 aliphatic rings. The fraction of sp³-hybridized carbons (Fsp3) is 1.00. The van der Waals surface area contributed by atoms with Gasteiger partial charge in [0.25, 0.3) is 0 Å². The topological polar surface area (TPSA) is 225 Å². The summed E-state index contributed by atoms with van der Waals surface area (Å²) < 4.78 is 35.0. The van der Waals surface area contributed by atoms with Gasteiger partial charge in [-0.05, 0) is 0 Å². The van der Waals surface area contributed by atoms with E-state index in [2.05, 4.69) is 4.18 Å². The van der Waals surface area contributed by atoms with Crippen molar-refractivity contribution in [2.24, 2.45) is 0 Å². The summed E-state index contributed by atoms with van der Waals surface area (Å²) >= 11 is -2.10. The van der Waals surface area contributed by atoms with Crippen LogP contribution in [0.5, 0.6) is 0 Å². The predicted octanol–water partition coefficient (Wildman–Crippen LogP) is -4.80. The first-order valence-electron chi connectivity index (χ1n) is 7.55. The van der Waals surface area contributed by atoms with Crippen LogP contribution in [0.25, 0.3) is 0 Å². The molecular weight excluding hydrogens is 447 g/mol. The molecule has 9 atom stereocenters. The van der Waals surface area contributed by atoms with Crippen molar-refractivity contribution < 1.29 is 58.0 Å². The first-order chi connectivity index (χ1) is 11.9. The van der Waals surface area contributed by atoms with E-state index in [1.807, 2.05) is 0 Å². The summed E-state index contributed by atoms with van der Waals surface area (Å²) in [6.45, 7) is -1.46. The van der Waals surface area contributed by atoms with E-state index in [9.17, 15) is 44.2 Å². The Balaban J connectivity index is 2.95. The van der Waals surface area contributed by atoms with E-state index in [0.717, 1.165) is 0 Å². The Morgan fingerprint density at radius 2 is 1.62 bits per heavy atom. The normalized spacial score (nSPS) is 32.8. The molecule has 0 bridgehead atoms. The second kappa shape index (κ2) is 10.0. The van der Waals surface area contributed by atoms with E-state index < -0.39 is 85.1 Å². The molecule has 0 saturated carbocycles. The van der Waals surface area contributed by atoms with Gasteiger partial charge < -0.3 is 0 Å². The second-order valence-corrected chi connectivity index (χ2v) is 11.9. The van der Waals surface area contributed by atoms with Crippen molar-refractivity contribution in [3.63, 3.8) is 0 Å². The minimum atomic E-state index is -5.16. The molecule has 1 aliphatic heterocycles. The quantitative estimate of drug-likeness (QED) is 0.108. The predicted molar refractivity (Wildman–Crippen MR) is 85.8 cm³/mol. The Morgan fingerprint density at radius 1 is 1.04 bits per heavy atom. The number of rotatable bonds is 10. The molecule has 14 heteroatoms. The molecule has 9 N–H and O–H groups in total. The Bertz CT molecular complexity index is 532. The molecule has 12 nitrogen and oxygen atoms in total. The summed E-state index contributed by atoms with van der Waals surface area (Å²) in [5, 5.41) is 76.7. The van der Waals surface area contributed by atoms with Gasteiger partial charge in [-0.2, -0.15) is 0 Å². The molecule has 1 fully saturated rings. The first kappa shape index (κ1) is 24.1. The zero-order valence-corrected chi connectivity index (χ0v) is 16.0. The Kier molecular flexibility index (Phi) is 9.29. The van der Waals surface area contributed by atoms with Gasteiger partial charge in [-0.1, -0.05) is 0 Å². The third-order valence-electron chi connectivity index (χ3n) is 4.03. The van der Waals surface area contributed by atoms with Gasteiger partial charge in [0.05, 0.1) is 0 Å². The average molecular weight is 472 g/mol. The summed E-state index contributed by atoms with van der Waals surface area (Å²) in [7, 11) is -5.16. The molecule has 1 heterocycles.